The Kier molecular flexibility index (Phi) is 11.5. The number of nitrogens with zero attached hydrogens (tertiary/aromatic N) is 4. The molecule has 0 radical (unpaired) electrons. The van der Waals surface area contributed by atoms with Crippen LogP contribution in [0.1, 0.15) is 86.1 Å². The zero-order valence-corrected chi connectivity index (χ0v) is 32.4. The second-order valence-electron chi connectivity index (χ2n) is 14.6. The smallest absolute Gasteiger partial charge is 0.407 e. The Bertz CT molecular complexity index is 2330. The number of amides is 4. The van der Waals surface area contributed by atoms with Gasteiger partial charge in [0.05, 0.1) is 44.4 Å². The van der Waals surface area contributed by atoms with Crippen molar-refractivity contribution in [3.63, 3.8) is 0 Å². The molecule has 2 aliphatic heterocycles. The summed E-state index contributed by atoms with van der Waals surface area (Å²) in [6.45, 7) is 4.91. The predicted octanol–water partition coefficient (Wildman–Crippen LogP) is 6.16. The SMILES string of the molecule is COC(=O)NC(C(=O)N1CCC[C@H]1c1ncc(C#Cc2ccc3cc(-c4cnc([C@@H]5CCCN5C(=O)[C@@H](NC(=O)OC)C(C)C)[nH]4)ccc3c2)[nH]1)c1ccccc1. The van der Waals surface area contributed by atoms with Crippen LogP contribution in [0.5, 0.6) is 0 Å². The van der Waals surface area contributed by atoms with Gasteiger partial charge in [0.15, 0.2) is 0 Å². The van der Waals surface area contributed by atoms with Gasteiger partial charge in [-0.3, -0.25) is 9.59 Å². The summed E-state index contributed by atoms with van der Waals surface area (Å²) in [7, 11) is 2.56. The number of hydrogen-bond acceptors (Lipinski definition) is 8. The fourth-order valence-electron chi connectivity index (χ4n) is 7.64. The fourth-order valence-corrected chi connectivity index (χ4v) is 7.64. The van der Waals surface area contributed by atoms with Gasteiger partial charge in [-0.05, 0) is 72.1 Å². The number of ether oxygens (including phenoxy) is 2. The van der Waals surface area contributed by atoms with Crippen molar-refractivity contribution in [2.24, 2.45) is 5.92 Å². The van der Waals surface area contributed by atoms with Gasteiger partial charge in [-0.2, -0.15) is 0 Å². The van der Waals surface area contributed by atoms with E-state index in [1.54, 1.807) is 34.3 Å². The molecule has 14 heteroatoms. The Hall–Kier alpha value is -6.62. The molecular weight excluding hydrogens is 725 g/mol. The third-order valence-corrected chi connectivity index (χ3v) is 10.6. The lowest BCUT2D eigenvalue weighted by atomic mass is 10.0. The molecule has 0 aliphatic carbocycles. The molecule has 2 saturated heterocycles. The van der Waals surface area contributed by atoms with Gasteiger partial charge in [0.1, 0.15) is 29.4 Å². The quantitative estimate of drug-likeness (QED) is 0.129. The van der Waals surface area contributed by atoms with Crippen LogP contribution >= 0.6 is 0 Å². The zero-order chi connectivity index (χ0) is 40.1. The highest BCUT2D eigenvalue weighted by molar-refractivity contribution is 5.89. The van der Waals surface area contributed by atoms with Crippen molar-refractivity contribution in [1.82, 2.24) is 40.4 Å². The molecular formula is C43H46N8O6. The summed E-state index contributed by atoms with van der Waals surface area (Å²) < 4.78 is 9.56. The van der Waals surface area contributed by atoms with E-state index in [0.717, 1.165) is 53.3 Å². The molecule has 2 fully saturated rings. The minimum Gasteiger partial charge on any atom is -0.453 e. The number of benzene rings is 3. The number of methoxy groups -OCH3 is 2. The van der Waals surface area contributed by atoms with Crippen LogP contribution in [-0.4, -0.2) is 87.1 Å². The Morgan fingerprint density at radius 1 is 0.754 bits per heavy atom. The molecule has 4 amide bonds. The zero-order valence-electron chi connectivity index (χ0n) is 32.4. The maximum Gasteiger partial charge on any atom is 0.407 e. The number of hydrogen-bond donors (Lipinski definition) is 4. The Balaban J connectivity index is 1.03. The van der Waals surface area contributed by atoms with E-state index >= 15 is 0 Å². The van der Waals surface area contributed by atoms with Crippen molar-refractivity contribution in [3.8, 4) is 23.1 Å². The average molecular weight is 771 g/mol. The number of carbonyl (C=O) groups excluding carboxylic acids is 4. The van der Waals surface area contributed by atoms with Crippen molar-refractivity contribution in [3.05, 3.63) is 108 Å². The Morgan fingerprint density at radius 3 is 2.09 bits per heavy atom. The number of carbonyl (C=O) groups is 4. The molecule has 0 spiro atoms. The molecule has 2 aromatic heterocycles. The van der Waals surface area contributed by atoms with Gasteiger partial charge >= 0.3 is 12.2 Å². The third-order valence-electron chi connectivity index (χ3n) is 10.6. The predicted molar refractivity (Wildman–Crippen MR) is 212 cm³/mol. The molecule has 2 aliphatic rings. The summed E-state index contributed by atoms with van der Waals surface area (Å²) in [5.74, 6) is 7.29. The first-order chi connectivity index (χ1) is 27.6. The maximum atomic E-state index is 13.8. The molecule has 4 N–H and O–H groups in total. The number of H-pyrrole nitrogens is 2. The molecule has 57 heavy (non-hydrogen) atoms. The molecule has 0 saturated carbocycles. The Morgan fingerprint density at radius 2 is 1.39 bits per heavy atom. The van der Waals surface area contributed by atoms with Gasteiger partial charge in [0, 0.05) is 24.2 Å². The summed E-state index contributed by atoms with van der Waals surface area (Å²) in [6, 6.07) is 19.2. The van der Waals surface area contributed by atoms with Crippen molar-refractivity contribution in [1.29, 1.82) is 0 Å². The van der Waals surface area contributed by atoms with Gasteiger partial charge in [0.2, 0.25) is 5.91 Å². The summed E-state index contributed by atoms with van der Waals surface area (Å²) >= 11 is 0. The van der Waals surface area contributed by atoms with E-state index in [1.165, 1.54) is 14.2 Å². The summed E-state index contributed by atoms with van der Waals surface area (Å²) in [5.41, 5.74) is 3.93. The third kappa shape index (κ3) is 8.47. The van der Waals surface area contributed by atoms with Crippen molar-refractivity contribution in [2.75, 3.05) is 27.3 Å². The number of imidazole rings is 2. The van der Waals surface area contributed by atoms with Crippen LogP contribution in [0.4, 0.5) is 9.59 Å². The number of nitrogens with one attached hydrogen (secondary N) is 4. The molecule has 1 unspecified atom stereocenters. The monoisotopic (exact) mass is 770 g/mol. The van der Waals surface area contributed by atoms with Crippen molar-refractivity contribution in [2.45, 2.75) is 63.7 Å². The van der Waals surface area contributed by atoms with Gasteiger partial charge in [-0.15, -0.1) is 0 Å². The fraction of sp³-hybridized carbons (Fsp3) is 0.349. The minimum atomic E-state index is -0.892. The van der Waals surface area contributed by atoms with Crippen LogP contribution in [0.3, 0.4) is 0 Å². The second kappa shape index (κ2) is 17.0. The highest BCUT2D eigenvalue weighted by Crippen LogP contribution is 2.35. The van der Waals surface area contributed by atoms with E-state index in [4.69, 9.17) is 9.47 Å². The van der Waals surface area contributed by atoms with E-state index in [0.29, 0.717) is 36.0 Å². The van der Waals surface area contributed by atoms with E-state index in [1.807, 2.05) is 62.4 Å². The molecule has 294 valence electrons. The standard InChI is InChI=1S/C43H46N8O6/c1-26(2)36(48-42(54)56-3)40(52)50-20-9-13-35(50)39-45-25-33(47-39)31-18-17-29-22-27(14-16-30(29)23-31)15-19-32-24-44-38(46-32)34-12-8-21-51(34)41(53)37(49-43(55)57-4)28-10-6-5-7-11-28/h5-7,10-11,14,16-18,22-26,34-37H,8-9,12-13,20-21H2,1-4H3,(H,44,46)(H,45,47)(H,48,54)(H,49,55)/t34-,35-,36-,37?/m0/s1. The van der Waals surface area contributed by atoms with Crippen LogP contribution < -0.4 is 10.6 Å². The number of alkyl carbamates (subject to hydrolysis) is 2. The molecule has 4 heterocycles. The molecule has 14 nitrogen and oxygen atoms in total. The van der Waals surface area contributed by atoms with Crippen LogP contribution in [0.2, 0.25) is 0 Å². The van der Waals surface area contributed by atoms with Crippen molar-refractivity contribution < 1.29 is 28.7 Å². The number of aromatic amines is 2. The lowest BCUT2D eigenvalue weighted by Gasteiger charge is -2.30. The van der Waals surface area contributed by atoms with Gasteiger partial charge in [-0.1, -0.05) is 68.3 Å². The molecule has 4 atom stereocenters. The van der Waals surface area contributed by atoms with Crippen LogP contribution in [0, 0.1) is 17.8 Å². The molecule has 0 bridgehead atoms. The van der Waals surface area contributed by atoms with Gasteiger partial charge in [-0.25, -0.2) is 19.6 Å². The molecule has 5 aromatic rings. The van der Waals surface area contributed by atoms with Crippen LogP contribution in [-0.2, 0) is 19.1 Å². The lowest BCUT2D eigenvalue weighted by Crippen LogP contribution is -2.51. The first-order valence-corrected chi connectivity index (χ1v) is 19.1. The highest BCUT2D eigenvalue weighted by atomic mass is 16.5. The van der Waals surface area contributed by atoms with E-state index in [2.05, 4.69) is 48.5 Å². The number of likely N-dealkylation sites (tertiary alicyclic amines) is 2. The van der Waals surface area contributed by atoms with E-state index < -0.39 is 24.3 Å². The lowest BCUT2D eigenvalue weighted by molar-refractivity contribution is -0.135. The summed E-state index contributed by atoms with van der Waals surface area (Å²) in [4.78, 5) is 71.1. The average Bonchev–Trinajstić information content (AvgIpc) is 4.07. The second-order valence-corrected chi connectivity index (χ2v) is 14.6. The molecule has 3 aromatic carbocycles. The van der Waals surface area contributed by atoms with Gasteiger partial charge in [0.25, 0.3) is 5.91 Å². The van der Waals surface area contributed by atoms with E-state index in [-0.39, 0.29) is 29.8 Å². The normalized spacial score (nSPS) is 17.5. The summed E-state index contributed by atoms with van der Waals surface area (Å²) in [5, 5.41) is 7.44. The summed E-state index contributed by atoms with van der Waals surface area (Å²) in [6.07, 6.45) is 5.30. The van der Waals surface area contributed by atoms with Gasteiger partial charge < -0.3 is 39.9 Å². The number of rotatable bonds is 9. The Labute approximate surface area is 330 Å². The first-order valence-electron chi connectivity index (χ1n) is 19.1. The highest BCUT2D eigenvalue weighted by Gasteiger charge is 2.38. The minimum absolute atomic E-state index is 0.113. The number of aromatic nitrogens is 4. The first kappa shape index (κ1) is 38.6. The topological polar surface area (TPSA) is 175 Å². The van der Waals surface area contributed by atoms with E-state index in [9.17, 15) is 19.2 Å². The largest absolute Gasteiger partial charge is 0.453 e. The van der Waals surface area contributed by atoms with Crippen LogP contribution in [0.15, 0.2) is 79.1 Å². The van der Waals surface area contributed by atoms with Crippen LogP contribution in [0.25, 0.3) is 22.0 Å². The van der Waals surface area contributed by atoms with Crippen molar-refractivity contribution >= 4 is 34.8 Å². The maximum absolute atomic E-state index is 13.8. The number of fused-ring (bicyclic) bond motifs is 1. The molecule has 7 rings (SSSR count).